The van der Waals surface area contributed by atoms with Gasteiger partial charge in [0.05, 0.1) is 5.56 Å². The molecule has 1 unspecified atom stereocenters. The average Bonchev–Trinajstić information content (AvgIpc) is 2.50. The lowest BCUT2D eigenvalue weighted by Crippen LogP contribution is -2.17. The van der Waals surface area contributed by atoms with Gasteiger partial charge in [-0.05, 0) is 17.4 Å². The van der Waals surface area contributed by atoms with Gasteiger partial charge in [0.15, 0.2) is 0 Å². The summed E-state index contributed by atoms with van der Waals surface area (Å²) in [7, 11) is 0. The number of hydrogen-bond donors (Lipinski definition) is 2. The minimum Gasteiger partial charge on any atom is -0.478 e. The van der Waals surface area contributed by atoms with Crippen molar-refractivity contribution in [1.82, 2.24) is 0 Å². The molecule has 13 heavy (non-hydrogen) atoms. The minimum absolute atomic E-state index is 0.175. The maximum absolute atomic E-state index is 10.8. The molecule has 0 aliphatic rings. The molecule has 0 aromatic carbocycles. The van der Waals surface area contributed by atoms with Crippen LogP contribution in [0.4, 0.5) is 0 Å². The number of thiophene rings is 1. The number of carboxylic acid groups (broad SMARTS) is 1. The lowest BCUT2D eigenvalue weighted by molar-refractivity contribution is 0.0695. The average molecular weight is 199 g/mol. The monoisotopic (exact) mass is 199 g/mol. The predicted octanol–water partition coefficient (Wildman–Crippen LogP) is 2.10. The Labute approximate surface area is 81.2 Å². The molecule has 0 saturated heterocycles. The lowest BCUT2D eigenvalue weighted by atomic mass is 10.0. The summed E-state index contributed by atoms with van der Waals surface area (Å²) in [6, 6.07) is 1.43. The second-order valence-electron chi connectivity index (χ2n) is 3.27. The molecule has 0 fully saturated rings. The van der Waals surface area contributed by atoms with Gasteiger partial charge >= 0.3 is 5.97 Å². The maximum atomic E-state index is 10.8. The summed E-state index contributed by atoms with van der Waals surface area (Å²) < 4.78 is 0. The van der Waals surface area contributed by atoms with Crippen molar-refractivity contribution in [3.05, 3.63) is 21.9 Å². The first-order valence-corrected chi connectivity index (χ1v) is 4.98. The lowest BCUT2D eigenvalue weighted by Gasteiger charge is -2.14. The molecule has 1 atom stereocenters. The topological polar surface area (TPSA) is 63.3 Å². The first kappa shape index (κ1) is 10.2. The summed E-state index contributed by atoms with van der Waals surface area (Å²) in [5.74, 6) is -0.635. The van der Waals surface area contributed by atoms with Crippen LogP contribution < -0.4 is 5.73 Å². The van der Waals surface area contributed by atoms with E-state index in [1.54, 1.807) is 11.4 Å². The molecule has 0 saturated carbocycles. The Morgan fingerprint density at radius 2 is 2.23 bits per heavy atom. The highest BCUT2D eigenvalue weighted by molar-refractivity contribution is 7.10. The van der Waals surface area contributed by atoms with Gasteiger partial charge in [-0.25, -0.2) is 4.79 Å². The third-order valence-corrected chi connectivity index (χ3v) is 2.96. The molecular weight excluding hydrogens is 186 g/mol. The summed E-state index contributed by atoms with van der Waals surface area (Å²) in [6.45, 7) is 3.96. The molecule has 0 bridgehead atoms. The van der Waals surface area contributed by atoms with Crippen LogP contribution in [0, 0.1) is 5.92 Å². The van der Waals surface area contributed by atoms with Crippen LogP contribution in [-0.2, 0) is 0 Å². The van der Waals surface area contributed by atoms with Gasteiger partial charge in [0.25, 0.3) is 0 Å². The van der Waals surface area contributed by atoms with E-state index >= 15 is 0 Å². The molecule has 1 heterocycles. The molecule has 0 spiro atoms. The number of carbonyl (C=O) groups is 1. The van der Waals surface area contributed by atoms with Crippen LogP contribution in [0.2, 0.25) is 0 Å². The van der Waals surface area contributed by atoms with Crippen molar-refractivity contribution in [2.45, 2.75) is 19.9 Å². The quantitative estimate of drug-likeness (QED) is 0.783. The smallest absolute Gasteiger partial charge is 0.336 e. The van der Waals surface area contributed by atoms with Crippen molar-refractivity contribution in [1.29, 1.82) is 0 Å². The third kappa shape index (κ3) is 2.08. The Hall–Kier alpha value is -0.870. The highest BCUT2D eigenvalue weighted by Crippen LogP contribution is 2.27. The van der Waals surface area contributed by atoms with Crippen LogP contribution in [-0.4, -0.2) is 11.1 Å². The first-order chi connectivity index (χ1) is 6.04. The highest BCUT2D eigenvalue weighted by Gasteiger charge is 2.19. The van der Waals surface area contributed by atoms with Gasteiger partial charge in [0.1, 0.15) is 0 Å². The van der Waals surface area contributed by atoms with Crippen molar-refractivity contribution < 1.29 is 9.90 Å². The second-order valence-corrected chi connectivity index (χ2v) is 4.22. The largest absolute Gasteiger partial charge is 0.478 e. The molecule has 72 valence electrons. The van der Waals surface area contributed by atoms with Gasteiger partial charge in [0.2, 0.25) is 0 Å². The summed E-state index contributed by atoms with van der Waals surface area (Å²) in [4.78, 5) is 11.5. The van der Waals surface area contributed by atoms with Gasteiger partial charge in [0, 0.05) is 10.9 Å². The fourth-order valence-electron chi connectivity index (χ4n) is 1.06. The van der Waals surface area contributed by atoms with Crippen molar-refractivity contribution in [3.8, 4) is 0 Å². The minimum atomic E-state index is -0.896. The molecule has 3 nitrogen and oxygen atoms in total. The van der Waals surface area contributed by atoms with Crippen LogP contribution >= 0.6 is 11.3 Å². The van der Waals surface area contributed by atoms with Gasteiger partial charge in [-0.2, -0.15) is 0 Å². The van der Waals surface area contributed by atoms with Crippen molar-refractivity contribution in [2.24, 2.45) is 11.7 Å². The van der Waals surface area contributed by atoms with E-state index in [1.807, 2.05) is 13.8 Å². The zero-order valence-corrected chi connectivity index (χ0v) is 8.47. The molecule has 4 heteroatoms. The van der Waals surface area contributed by atoms with Gasteiger partial charge in [-0.15, -0.1) is 11.3 Å². The molecule has 0 radical (unpaired) electrons. The number of carboxylic acids is 1. The Morgan fingerprint density at radius 3 is 2.69 bits per heavy atom. The molecule has 1 aromatic rings. The fraction of sp³-hybridized carbons (Fsp3) is 0.444. The van der Waals surface area contributed by atoms with Crippen molar-refractivity contribution in [3.63, 3.8) is 0 Å². The molecule has 1 rings (SSSR count). The second kappa shape index (κ2) is 3.89. The van der Waals surface area contributed by atoms with Crippen molar-refractivity contribution in [2.75, 3.05) is 0 Å². The van der Waals surface area contributed by atoms with Gasteiger partial charge in [-0.1, -0.05) is 13.8 Å². The van der Waals surface area contributed by atoms with Gasteiger partial charge < -0.3 is 10.8 Å². The zero-order chi connectivity index (χ0) is 10.0. The standard InChI is InChI=1S/C9H13NO2S/c1-5(2)7(10)8-6(9(11)12)3-4-13-8/h3-5,7H,10H2,1-2H3,(H,11,12). The summed E-state index contributed by atoms with van der Waals surface area (Å²) in [5, 5.41) is 10.6. The van der Waals surface area contributed by atoms with E-state index in [-0.39, 0.29) is 12.0 Å². The summed E-state index contributed by atoms with van der Waals surface area (Å²) >= 11 is 1.41. The molecule has 1 aromatic heterocycles. The highest BCUT2D eigenvalue weighted by atomic mass is 32.1. The summed E-state index contributed by atoms with van der Waals surface area (Å²) in [6.07, 6.45) is 0. The zero-order valence-electron chi connectivity index (χ0n) is 7.65. The van der Waals surface area contributed by atoms with E-state index in [1.165, 1.54) is 11.3 Å². The Kier molecular flexibility index (Phi) is 3.06. The van der Waals surface area contributed by atoms with E-state index < -0.39 is 5.97 Å². The van der Waals surface area contributed by atoms with Crippen LogP contribution in [0.25, 0.3) is 0 Å². The Bertz CT molecular complexity index is 306. The molecule has 0 aliphatic heterocycles. The van der Waals surface area contributed by atoms with E-state index in [9.17, 15) is 4.79 Å². The van der Waals surface area contributed by atoms with Crippen LogP contribution in [0.3, 0.4) is 0 Å². The number of hydrogen-bond acceptors (Lipinski definition) is 3. The SMILES string of the molecule is CC(C)C(N)c1sccc1C(=O)O. The van der Waals surface area contributed by atoms with Gasteiger partial charge in [-0.3, -0.25) is 0 Å². The fourth-order valence-corrected chi connectivity index (χ4v) is 2.12. The Morgan fingerprint density at radius 1 is 1.62 bits per heavy atom. The number of rotatable bonds is 3. The number of aromatic carboxylic acids is 1. The molecule has 0 amide bonds. The van der Waals surface area contributed by atoms with Crippen LogP contribution in [0.1, 0.15) is 35.1 Å². The molecule has 0 aliphatic carbocycles. The van der Waals surface area contributed by atoms with E-state index in [0.29, 0.717) is 5.56 Å². The Balaban J connectivity index is 3.00. The van der Waals surface area contributed by atoms with E-state index in [2.05, 4.69) is 0 Å². The van der Waals surface area contributed by atoms with E-state index in [0.717, 1.165) is 4.88 Å². The normalized spacial score (nSPS) is 13.2. The molecular formula is C9H13NO2S. The first-order valence-electron chi connectivity index (χ1n) is 4.10. The van der Waals surface area contributed by atoms with E-state index in [4.69, 9.17) is 10.8 Å². The van der Waals surface area contributed by atoms with Crippen molar-refractivity contribution >= 4 is 17.3 Å². The third-order valence-electron chi connectivity index (χ3n) is 1.95. The van der Waals surface area contributed by atoms with Crippen LogP contribution in [0.5, 0.6) is 0 Å². The summed E-state index contributed by atoms with van der Waals surface area (Å²) in [5.41, 5.74) is 6.21. The van der Waals surface area contributed by atoms with Crippen LogP contribution in [0.15, 0.2) is 11.4 Å². The maximum Gasteiger partial charge on any atom is 0.336 e. The molecule has 3 N–H and O–H groups in total. The number of nitrogens with two attached hydrogens (primary N) is 1. The predicted molar refractivity (Wildman–Crippen MR) is 53.0 cm³/mol.